The van der Waals surface area contributed by atoms with Crippen molar-refractivity contribution in [3.63, 3.8) is 0 Å². The number of hydrogen-bond donors (Lipinski definition) is 1. The Bertz CT molecular complexity index is 402. The Morgan fingerprint density at radius 1 is 1.33 bits per heavy atom. The number of aromatic nitrogens is 2. The van der Waals surface area contributed by atoms with E-state index in [1.807, 2.05) is 0 Å². The molecule has 1 heterocycles. The zero-order valence-electron chi connectivity index (χ0n) is 10.1. The Morgan fingerprint density at radius 3 is 2.61 bits per heavy atom. The maximum Gasteiger partial charge on any atom is 0.391 e. The Balaban J connectivity index is 2.08. The minimum absolute atomic E-state index is 0.0318. The van der Waals surface area contributed by atoms with Gasteiger partial charge in [-0.3, -0.25) is 0 Å². The van der Waals surface area contributed by atoms with Gasteiger partial charge in [0.1, 0.15) is 0 Å². The van der Waals surface area contributed by atoms with Crippen molar-refractivity contribution in [1.82, 2.24) is 10.2 Å². The molecule has 18 heavy (non-hydrogen) atoms. The third-order valence-corrected chi connectivity index (χ3v) is 3.33. The predicted molar refractivity (Wildman–Crippen MR) is 57.7 cm³/mol. The van der Waals surface area contributed by atoms with Gasteiger partial charge >= 0.3 is 6.18 Å². The lowest BCUT2D eigenvalue weighted by Gasteiger charge is -2.28. The first-order valence-electron chi connectivity index (χ1n) is 6.03. The van der Waals surface area contributed by atoms with Crippen LogP contribution >= 0.6 is 0 Å². The molecule has 0 aliphatic heterocycles. The minimum atomic E-state index is -4.14. The summed E-state index contributed by atoms with van der Waals surface area (Å²) < 4.78 is 43.4. The quantitative estimate of drug-likeness (QED) is 0.891. The zero-order chi connectivity index (χ0) is 13.3. The Labute approximate surface area is 103 Å². The van der Waals surface area contributed by atoms with Gasteiger partial charge in [-0.15, -0.1) is 10.2 Å². The van der Waals surface area contributed by atoms with Crippen molar-refractivity contribution in [3.05, 3.63) is 11.8 Å². The van der Waals surface area contributed by atoms with Crippen LogP contribution in [-0.2, 0) is 0 Å². The van der Waals surface area contributed by atoms with Crippen LogP contribution in [0.3, 0.4) is 0 Å². The van der Waals surface area contributed by atoms with E-state index in [4.69, 9.17) is 10.2 Å². The molecule has 1 aliphatic rings. The van der Waals surface area contributed by atoms with Crippen LogP contribution in [-0.4, -0.2) is 16.4 Å². The zero-order valence-corrected chi connectivity index (χ0v) is 10.1. The molecule has 0 amide bonds. The molecular weight excluding hydrogens is 247 g/mol. The fourth-order valence-electron chi connectivity index (χ4n) is 2.31. The fourth-order valence-corrected chi connectivity index (χ4v) is 2.31. The molecule has 0 spiro atoms. The molecule has 0 bridgehead atoms. The Hall–Kier alpha value is -1.11. The largest absolute Gasteiger partial charge is 0.423 e. The van der Waals surface area contributed by atoms with E-state index in [-0.39, 0.29) is 30.5 Å². The van der Waals surface area contributed by atoms with Crippen molar-refractivity contribution in [2.24, 2.45) is 11.7 Å². The minimum Gasteiger partial charge on any atom is -0.423 e. The summed E-state index contributed by atoms with van der Waals surface area (Å²) in [6.07, 6.45) is -2.72. The van der Waals surface area contributed by atoms with Crippen LogP contribution in [0.2, 0.25) is 0 Å². The Morgan fingerprint density at radius 2 is 2.06 bits per heavy atom. The predicted octanol–water partition coefficient (Wildman–Crippen LogP) is 2.93. The second-order valence-corrected chi connectivity index (χ2v) is 4.87. The highest BCUT2D eigenvalue weighted by atomic mass is 19.4. The summed E-state index contributed by atoms with van der Waals surface area (Å²) >= 11 is 0. The van der Waals surface area contributed by atoms with Crippen LogP contribution in [0.25, 0.3) is 0 Å². The highest BCUT2D eigenvalue weighted by Gasteiger charge is 2.43. The van der Waals surface area contributed by atoms with Gasteiger partial charge in [-0.25, -0.2) is 0 Å². The number of nitrogens with two attached hydrogens (primary N) is 1. The molecule has 1 aromatic heterocycles. The lowest BCUT2D eigenvalue weighted by Crippen LogP contribution is -2.28. The molecule has 1 fully saturated rings. The molecule has 2 N–H and O–H groups in total. The van der Waals surface area contributed by atoms with Gasteiger partial charge in [0.25, 0.3) is 0 Å². The fraction of sp³-hybridized carbons (Fsp3) is 0.818. The maximum atomic E-state index is 12.7. The molecule has 1 aliphatic carbocycles. The van der Waals surface area contributed by atoms with E-state index in [9.17, 15) is 13.2 Å². The normalized spacial score (nSPS) is 27.2. The summed E-state index contributed by atoms with van der Waals surface area (Å²) in [5.74, 6) is -0.998. The lowest BCUT2D eigenvalue weighted by atomic mass is 9.81. The van der Waals surface area contributed by atoms with Gasteiger partial charge < -0.3 is 10.2 Å². The highest BCUT2D eigenvalue weighted by Crippen LogP contribution is 2.43. The van der Waals surface area contributed by atoms with Gasteiger partial charge in [-0.1, -0.05) is 6.42 Å². The van der Waals surface area contributed by atoms with Crippen molar-refractivity contribution in [2.45, 2.75) is 50.7 Å². The van der Waals surface area contributed by atoms with Crippen molar-refractivity contribution >= 4 is 0 Å². The molecule has 7 heteroatoms. The van der Waals surface area contributed by atoms with Crippen molar-refractivity contribution in [1.29, 1.82) is 0 Å². The topological polar surface area (TPSA) is 64.9 Å². The molecule has 0 radical (unpaired) electrons. The number of alkyl halides is 3. The SMILES string of the molecule is CC(N)c1nnc(C2CCCC(C(F)(F)F)C2)o1. The van der Waals surface area contributed by atoms with Crippen LogP contribution in [0.5, 0.6) is 0 Å². The van der Waals surface area contributed by atoms with Gasteiger partial charge in [-0.2, -0.15) is 13.2 Å². The van der Waals surface area contributed by atoms with Gasteiger partial charge in [0.2, 0.25) is 11.8 Å². The lowest BCUT2D eigenvalue weighted by molar-refractivity contribution is -0.183. The van der Waals surface area contributed by atoms with Crippen LogP contribution in [0, 0.1) is 5.92 Å². The van der Waals surface area contributed by atoms with E-state index >= 15 is 0 Å². The first-order valence-corrected chi connectivity index (χ1v) is 6.03. The summed E-state index contributed by atoms with van der Waals surface area (Å²) in [6.45, 7) is 1.69. The summed E-state index contributed by atoms with van der Waals surface area (Å²) in [5, 5.41) is 7.57. The third-order valence-electron chi connectivity index (χ3n) is 3.33. The van der Waals surface area contributed by atoms with E-state index in [0.717, 1.165) is 0 Å². The van der Waals surface area contributed by atoms with Crippen LogP contribution < -0.4 is 5.73 Å². The maximum absolute atomic E-state index is 12.7. The average Bonchev–Trinajstić information content (AvgIpc) is 2.77. The van der Waals surface area contributed by atoms with Crippen molar-refractivity contribution in [3.8, 4) is 0 Å². The summed E-state index contributed by atoms with van der Waals surface area (Å²) in [4.78, 5) is 0. The Kier molecular flexibility index (Phi) is 3.61. The molecule has 0 aromatic carbocycles. The van der Waals surface area contributed by atoms with Crippen LogP contribution in [0.1, 0.15) is 56.3 Å². The van der Waals surface area contributed by atoms with Crippen molar-refractivity contribution in [2.75, 3.05) is 0 Å². The molecule has 1 saturated carbocycles. The molecule has 3 atom stereocenters. The monoisotopic (exact) mass is 263 g/mol. The molecule has 0 saturated heterocycles. The van der Waals surface area contributed by atoms with Gasteiger partial charge in [0.15, 0.2) is 0 Å². The molecule has 3 unspecified atom stereocenters. The second kappa shape index (κ2) is 4.87. The van der Waals surface area contributed by atoms with Crippen LogP contribution in [0.15, 0.2) is 4.42 Å². The van der Waals surface area contributed by atoms with E-state index in [2.05, 4.69) is 10.2 Å². The standard InChI is InChI=1S/C11H16F3N3O/c1-6(15)9-16-17-10(18-9)7-3-2-4-8(5-7)11(12,13)14/h6-8H,2-5,15H2,1H3. The summed E-state index contributed by atoms with van der Waals surface area (Å²) in [6, 6.07) is -0.395. The first kappa shape index (κ1) is 13.3. The highest BCUT2D eigenvalue weighted by molar-refractivity contribution is 4.97. The first-order chi connectivity index (χ1) is 8.38. The number of nitrogens with zero attached hydrogens (tertiary/aromatic N) is 2. The smallest absolute Gasteiger partial charge is 0.391 e. The van der Waals surface area contributed by atoms with Gasteiger partial charge in [-0.05, 0) is 26.2 Å². The average molecular weight is 263 g/mol. The van der Waals surface area contributed by atoms with E-state index < -0.39 is 18.1 Å². The van der Waals surface area contributed by atoms with Crippen molar-refractivity contribution < 1.29 is 17.6 Å². The summed E-state index contributed by atoms with van der Waals surface area (Å²) in [7, 11) is 0. The molecule has 102 valence electrons. The van der Waals surface area contributed by atoms with Gasteiger partial charge in [0.05, 0.1) is 12.0 Å². The van der Waals surface area contributed by atoms with Gasteiger partial charge in [0, 0.05) is 5.92 Å². The van der Waals surface area contributed by atoms with Crippen LogP contribution in [0.4, 0.5) is 13.2 Å². The summed E-state index contributed by atoms with van der Waals surface area (Å²) in [5.41, 5.74) is 5.58. The second-order valence-electron chi connectivity index (χ2n) is 4.87. The van der Waals surface area contributed by atoms with E-state index in [0.29, 0.717) is 12.8 Å². The number of halogens is 3. The molecule has 2 rings (SSSR count). The number of rotatable bonds is 2. The third kappa shape index (κ3) is 2.82. The molecular formula is C11H16F3N3O. The van der Waals surface area contributed by atoms with E-state index in [1.54, 1.807) is 6.92 Å². The van der Waals surface area contributed by atoms with E-state index in [1.165, 1.54) is 0 Å². The molecule has 4 nitrogen and oxygen atoms in total. The number of hydrogen-bond acceptors (Lipinski definition) is 4. The molecule has 1 aromatic rings.